The summed E-state index contributed by atoms with van der Waals surface area (Å²) in [4.78, 5) is 0. The average Bonchev–Trinajstić information content (AvgIpc) is 2.47. The van der Waals surface area contributed by atoms with Crippen LogP contribution in [-0.4, -0.2) is 7.11 Å². The summed E-state index contributed by atoms with van der Waals surface area (Å²) in [5.41, 5.74) is 8.77. The van der Waals surface area contributed by atoms with Crippen LogP contribution in [0.2, 0.25) is 0 Å². The van der Waals surface area contributed by atoms with E-state index in [0.29, 0.717) is 11.4 Å². The largest absolute Gasteiger partial charge is 0.495 e. The lowest BCUT2D eigenvalue weighted by molar-refractivity contribution is 0.417. The van der Waals surface area contributed by atoms with Gasteiger partial charge in [-0.25, -0.2) is 0 Å². The van der Waals surface area contributed by atoms with Crippen LogP contribution in [0.3, 0.4) is 0 Å². The van der Waals surface area contributed by atoms with Gasteiger partial charge in [0, 0.05) is 11.8 Å². The summed E-state index contributed by atoms with van der Waals surface area (Å²) in [6.07, 6.45) is 1.01. The third kappa shape index (κ3) is 3.19. The molecule has 3 nitrogen and oxygen atoms in total. The number of rotatable bonds is 5. The average molecular weight is 256 g/mol. The minimum Gasteiger partial charge on any atom is -0.495 e. The van der Waals surface area contributed by atoms with Crippen LogP contribution in [0.1, 0.15) is 24.9 Å². The molecule has 3 heteroatoms. The first kappa shape index (κ1) is 13.3. The number of nitrogens with two attached hydrogens (primary N) is 1. The molecule has 0 aliphatic carbocycles. The Balaban J connectivity index is 2.19. The number of nitrogen functional groups attached to an aromatic ring is 1. The van der Waals surface area contributed by atoms with E-state index >= 15 is 0 Å². The van der Waals surface area contributed by atoms with E-state index in [1.54, 1.807) is 7.11 Å². The van der Waals surface area contributed by atoms with E-state index in [0.717, 1.165) is 12.1 Å². The molecule has 0 bridgehead atoms. The van der Waals surface area contributed by atoms with Gasteiger partial charge in [0.2, 0.25) is 0 Å². The van der Waals surface area contributed by atoms with E-state index < -0.39 is 0 Å². The fourth-order valence-corrected chi connectivity index (χ4v) is 2.11. The minimum atomic E-state index is 0.287. The Labute approximate surface area is 114 Å². The molecule has 0 saturated heterocycles. The monoisotopic (exact) mass is 256 g/mol. The summed E-state index contributed by atoms with van der Waals surface area (Å²) >= 11 is 0. The Bertz CT molecular complexity index is 526. The highest BCUT2D eigenvalue weighted by Crippen LogP contribution is 2.28. The highest BCUT2D eigenvalue weighted by atomic mass is 16.5. The lowest BCUT2D eigenvalue weighted by atomic mass is 10.0. The lowest BCUT2D eigenvalue weighted by Gasteiger charge is -2.19. The molecule has 100 valence electrons. The summed E-state index contributed by atoms with van der Waals surface area (Å²) in [7, 11) is 1.63. The Morgan fingerprint density at radius 3 is 2.53 bits per heavy atom. The van der Waals surface area contributed by atoms with E-state index in [4.69, 9.17) is 10.5 Å². The molecule has 0 saturated carbocycles. The van der Waals surface area contributed by atoms with Crippen molar-refractivity contribution in [1.82, 2.24) is 0 Å². The molecule has 0 aliphatic rings. The van der Waals surface area contributed by atoms with Crippen LogP contribution in [0, 0.1) is 0 Å². The van der Waals surface area contributed by atoms with E-state index in [9.17, 15) is 0 Å². The Morgan fingerprint density at radius 2 is 1.89 bits per heavy atom. The molecule has 1 unspecified atom stereocenters. The molecule has 0 radical (unpaired) electrons. The van der Waals surface area contributed by atoms with Gasteiger partial charge in [-0.2, -0.15) is 0 Å². The summed E-state index contributed by atoms with van der Waals surface area (Å²) < 4.78 is 5.24. The Kier molecular flexibility index (Phi) is 4.29. The van der Waals surface area contributed by atoms with Gasteiger partial charge in [0.25, 0.3) is 0 Å². The number of anilines is 2. The van der Waals surface area contributed by atoms with Crippen LogP contribution in [0.25, 0.3) is 0 Å². The second kappa shape index (κ2) is 6.14. The molecule has 19 heavy (non-hydrogen) atoms. The molecule has 0 aromatic heterocycles. The number of ether oxygens (including phenoxy) is 1. The highest BCUT2D eigenvalue weighted by Gasteiger charge is 2.09. The van der Waals surface area contributed by atoms with E-state index in [1.165, 1.54) is 5.56 Å². The summed E-state index contributed by atoms with van der Waals surface area (Å²) in [5.74, 6) is 0.702. The molecule has 2 rings (SSSR count). The third-order valence-corrected chi connectivity index (χ3v) is 3.18. The molecular weight excluding hydrogens is 236 g/mol. The van der Waals surface area contributed by atoms with Crippen LogP contribution in [0.4, 0.5) is 11.4 Å². The minimum absolute atomic E-state index is 0.287. The SMILES string of the molecule is CCC(Nc1ccc(N)c(OC)c1)c1ccccc1. The van der Waals surface area contributed by atoms with Gasteiger partial charge >= 0.3 is 0 Å². The summed E-state index contributed by atoms with van der Waals surface area (Å²) in [5, 5.41) is 3.51. The maximum atomic E-state index is 5.82. The zero-order valence-electron chi connectivity index (χ0n) is 11.4. The lowest BCUT2D eigenvalue weighted by Crippen LogP contribution is -2.09. The number of hydrogen-bond donors (Lipinski definition) is 2. The van der Waals surface area contributed by atoms with Crippen molar-refractivity contribution in [3.05, 3.63) is 54.1 Å². The van der Waals surface area contributed by atoms with Crippen LogP contribution in [-0.2, 0) is 0 Å². The molecule has 2 aromatic rings. The second-order valence-electron chi connectivity index (χ2n) is 4.47. The van der Waals surface area contributed by atoms with Crippen molar-refractivity contribution in [3.63, 3.8) is 0 Å². The van der Waals surface area contributed by atoms with Crippen molar-refractivity contribution in [2.24, 2.45) is 0 Å². The second-order valence-corrected chi connectivity index (χ2v) is 4.47. The maximum Gasteiger partial charge on any atom is 0.143 e. The van der Waals surface area contributed by atoms with Crippen molar-refractivity contribution in [2.75, 3.05) is 18.2 Å². The van der Waals surface area contributed by atoms with Crippen molar-refractivity contribution in [3.8, 4) is 5.75 Å². The first-order valence-corrected chi connectivity index (χ1v) is 6.49. The molecular formula is C16H20N2O. The highest BCUT2D eigenvalue weighted by molar-refractivity contribution is 5.61. The zero-order chi connectivity index (χ0) is 13.7. The van der Waals surface area contributed by atoms with E-state index in [2.05, 4.69) is 36.5 Å². The smallest absolute Gasteiger partial charge is 0.143 e. The normalized spacial score (nSPS) is 11.9. The molecule has 0 fully saturated rings. The maximum absolute atomic E-state index is 5.82. The Morgan fingerprint density at radius 1 is 1.16 bits per heavy atom. The van der Waals surface area contributed by atoms with Gasteiger partial charge in [0.1, 0.15) is 5.75 Å². The van der Waals surface area contributed by atoms with E-state index in [1.807, 2.05) is 24.3 Å². The molecule has 1 atom stereocenters. The first-order valence-electron chi connectivity index (χ1n) is 6.49. The molecule has 0 amide bonds. The summed E-state index contributed by atoms with van der Waals surface area (Å²) in [6, 6.07) is 16.5. The van der Waals surface area contributed by atoms with Crippen LogP contribution in [0.5, 0.6) is 5.75 Å². The van der Waals surface area contributed by atoms with Gasteiger partial charge in [-0.05, 0) is 24.1 Å². The van der Waals surface area contributed by atoms with Gasteiger partial charge in [0.15, 0.2) is 0 Å². The molecule has 0 spiro atoms. The van der Waals surface area contributed by atoms with Crippen LogP contribution < -0.4 is 15.8 Å². The zero-order valence-corrected chi connectivity index (χ0v) is 11.4. The molecule has 3 N–H and O–H groups in total. The van der Waals surface area contributed by atoms with Gasteiger partial charge in [-0.15, -0.1) is 0 Å². The fourth-order valence-electron chi connectivity index (χ4n) is 2.11. The fraction of sp³-hybridized carbons (Fsp3) is 0.250. The number of nitrogens with one attached hydrogen (secondary N) is 1. The van der Waals surface area contributed by atoms with E-state index in [-0.39, 0.29) is 6.04 Å². The van der Waals surface area contributed by atoms with Gasteiger partial charge in [0.05, 0.1) is 18.8 Å². The van der Waals surface area contributed by atoms with Gasteiger partial charge < -0.3 is 15.8 Å². The molecule has 0 heterocycles. The van der Waals surface area contributed by atoms with Crippen LogP contribution in [0.15, 0.2) is 48.5 Å². The first-order chi connectivity index (χ1) is 9.24. The molecule has 2 aromatic carbocycles. The van der Waals surface area contributed by atoms with Gasteiger partial charge in [-0.1, -0.05) is 37.3 Å². The third-order valence-electron chi connectivity index (χ3n) is 3.18. The predicted octanol–water partition coefficient (Wildman–Crippen LogP) is 3.84. The Hall–Kier alpha value is -2.16. The number of benzene rings is 2. The predicted molar refractivity (Wildman–Crippen MR) is 80.5 cm³/mol. The summed E-state index contributed by atoms with van der Waals surface area (Å²) in [6.45, 7) is 2.17. The number of methoxy groups -OCH3 is 1. The quantitative estimate of drug-likeness (QED) is 0.799. The van der Waals surface area contributed by atoms with Crippen molar-refractivity contribution in [2.45, 2.75) is 19.4 Å². The van der Waals surface area contributed by atoms with Gasteiger partial charge in [-0.3, -0.25) is 0 Å². The van der Waals surface area contributed by atoms with Crippen molar-refractivity contribution >= 4 is 11.4 Å². The molecule has 0 aliphatic heterocycles. The standard InChI is InChI=1S/C16H20N2O/c1-3-15(12-7-5-4-6-8-12)18-13-9-10-14(17)16(11-13)19-2/h4-11,15,18H,3,17H2,1-2H3. The topological polar surface area (TPSA) is 47.3 Å². The van der Waals surface area contributed by atoms with Crippen LogP contribution >= 0.6 is 0 Å². The number of hydrogen-bond acceptors (Lipinski definition) is 3. The van der Waals surface area contributed by atoms with Crippen molar-refractivity contribution in [1.29, 1.82) is 0 Å². The van der Waals surface area contributed by atoms with Crippen molar-refractivity contribution < 1.29 is 4.74 Å².